The van der Waals surface area contributed by atoms with Crippen LogP contribution < -0.4 is 10.6 Å². The minimum Gasteiger partial charge on any atom is -0.378 e. The molecule has 1 aliphatic rings. The van der Waals surface area contributed by atoms with E-state index in [2.05, 4.69) is 14.9 Å². The molecule has 0 saturated carbocycles. The van der Waals surface area contributed by atoms with Crippen LogP contribution in [0, 0.1) is 5.82 Å². The van der Waals surface area contributed by atoms with Gasteiger partial charge in [-0.25, -0.2) is 9.37 Å². The molecule has 0 atom stereocenters. The lowest BCUT2D eigenvalue weighted by Gasteiger charge is -2.28. The quantitative estimate of drug-likeness (QED) is 0.821. The highest BCUT2D eigenvalue weighted by Crippen LogP contribution is 2.25. The van der Waals surface area contributed by atoms with Gasteiger partial charge in [-0.15, -0.1) is 0 Å². The van der Waals surface area contributed by atoms with Crippen LogP contribution in [-0.2, 0) is 4.74 Å². The average molecular weight is 248 g/mol. The van der Waals surface area contributed by atoms with E-state index in [1.165, 1.54) is 12.1 Å². The van der Waals surface area contributed by atoms with E-state index in [9.17, 15) is 4.39 Å². The molecule has 2 aromatic rings. The Hall–Kier alpha value is -1.95. The second kappa shape index (κ2) is 4.38. The number of aromatic nitrogens is 2. The highest BCUT2D eigenvalue weighted by atomic mass is 19.1. The lowest BCUT2D eigenvalue weighted by Crippen LogP contribution is -2.37. The number of nitrogens with two attached hydrogens (primary N) is 1. The largest absolute Gasteiger partial charge is 0.378 e. The topological polar surface area (TPSA) is 64.3 Å². The van der Waals surface area contributed by atoms with Crippen molar-refractivity contribution in [3.05, 3.63) is 24.0 Å². The van der Waals surface area contributed by atoms with E-state index in [4.69, 9.17) is 10.5 Å². The van der Waals surface area contributed by atoms with Crippen LogP contribution in [-0.4, -0.2) is 36.3 Å². The van der Waals surface area contributed by atoms with Crippen LogP contribution in [0.5, 0.6) is 0 Å². The monoisotopic (exact) mass is 248 g/mol. The fourth-order valence-electron chi connectivity index (χ4n) is 2.12. The smallest absolute Gasteiger partial charge is 0.222 e. The summed E-state index contributed by atoms with van der Waals surface area (Å²) in [6, 6.07) is 4.47. The van der Waals surface area contributed by atoms with E-state index in [1.54, 1.807) is 6.07 Å². The van der Waals surface area contributed by atoms with E-state index < -0.39 is 0 Å². The van der Waals surface area contributed by atoms with E-state index in [0.29, 0.717) is 18.7 Å². The standard InChI is InChI=1S/C12H13FN4O/c13-8-1-2-9-10(7-8)15-12(14)16-11(9)17-3-5-18-6-4-17/h1-2,7H,3-6H2,(H2,14,15,16). The zero-order valence-electron chi connectivity index (χ0n) is 9.77. The third-order valence-electron chi connectivity index (χ3n) is 2.97. The van der Waals surface area contributed by atoms with Crippen LogP contribution in [0.15, 0.2) is 18.2 Å². The second-order valence-electron chi connectivity index (χ2n) is 4.17. The summed E-state index contributed by atoms with van der Waals surface area (Å²) in [4.78, 5) is 10.4. The summed E-state index contributed by atoms with van der Waals surface area (Å²) in [7, 11) is 0. The third-order valence-corrected chi connectivity index (χ3v) is 2.97. The number of morpholine rings is 1. The van der Waals surface area contributed by atoms with Crippen LogP contribution >= 0.6 is 0 Å². The molecule has 0 radical (unpaired) electrons. The first-order chi connectivity index (χ1) is 8.74. The number of benzene rings is 1. The Kier molecular flexibility index (Phi) is 2.71. The Balaban J connectivity index is 2.14. The predicted molar refractivity (Wildman–Crippen MR) is 66.9 cm³/mol. The maximum Gasteiger partial charge on any atom is 0.222 e. The first kappa shape index (κ1) is 11.2. The minimum atomic E-state index is -0.325. The van der Waals surface area contributed by atoms with Gasteiger partial charge in [-0.2, -0.15) is 4.98 Å². The molecule has 1 aliphatic heterocycles. The summed E-state index contributed by atoms with van der Waals surface area (Å²) < 4.78 is 18.5. The summed E-state index contributed by atoms with van der Waals surface area (Å²) in [5.74, 6) is 0.587. The van der Waals surface area contributed by atoms with Gasteiger partial charge >= 0.3 is 0 Å². The molecule has 1 aromatic carbocycles. The molecule has 18 heavy (non-hydrogen) atoms. The van der Waals surface area contributed by atoms with Gasteiger partial charge in [0.05, 0.1) is 18.7 Å². The molecule has 0 bridgehead atoms. The highest BCUT2D eigenvalue weighted by molar-refractivity contribution is 5.90. The van der Waals surface area contributed by atoms with Gasteiger partial charge in [0, 0.05) is 24.5 Å². The van der Waals surface area contributed by atoms with Crippen molar-refractivity contribution in [2.24, 2.45) is 0 Å². The van der Waals surface area contributed by atoms with Gasteiger partial charge in [0.1, 0.15) is 11.6 Å². The van der Waals surface area contributed by atoms with Crippen molar-refractivity contribution < 1.29 is 9.13 Å². The lowest BCUT2D eigenvalue weighted by atomic mass is 10.2. The molecule has 0 aliphatic carbocycles. The fourth-order valence-corrected chi connectivity index (χ4v) is 2.12. The minimum absolute atomic E-state index is 0.162. The molecule has 6 heteroatoms. The molecule has 0 spiro atoms. The van der Waals surface area contributed by atoms with E-state index in [-0.39, 0.29) is 11.8 Å². The molecular formula is C12H13FN4O. The van der Waals surface area contributed by atoms with Crippen LogP contribution in [0.3, 0.4) is 0 Å². The highest BCUT2D eigenvalue weighted by Gasteiger charge is 2.16. The molecule has 94 valence electrons. The summed E-state index contributed by atoms with van der Waals surface area (Å²) in [6.45, 7) is 2.82. The van der Waals surface area contributed by atoms with Crippen molar-refractivity contribution >= 4 is 22.7 Å². The van der Waals surface area contributed by atoms with E-state index >= 15 is 0 Å². The fraction of sp³-hybridized carbons (Fsp3) is 0.333. The number of halogens is 1. The molecule has 1 aromatic heterocycles. The van der Waals surface area contributed by atoms with Crippen molar-refractivity contribution in [1.82, 2.24) is 9.97 Å². The van der Waals surface area contributed by atoms with Crippen LogP contribution in [0.1, 0.15) is 0 Å². The summed E-state index contributed by atoms with van der Waals surface area (Å²) >= 11 is 0. The van der Waals surface area contributed by atoms with Crippen LogP contribution in [0.25, 0.3) is 10.9 Å². The first-order valence-corrected chi connectivity index (χ1v) is 5.79. The number of nitrogen functional groups attached to an aromatic ring is 1. The molecule has 0 unspecified atom stereocenters. The average Bonchev–Trinajstić information content (AvgIpc) is 2.38. The lowest BCUT2D eigenvalue weighted by molar-refractivity contribution is 0.122. The van der Waals surface area contributed by atoms with Gasteiger partial charge in [0.15, 0.2) is 0 Å². The van der Waals surface area contributed by atoms with Gasteiger partial charge in [-0.05, 0) is 12.1 Å². The Labute approximate surface area is 103 Å². The molecular weight excluding hydrogens is 235 g/mol. The van der Waals surface area contributed by atoms with Crippen molar-refractivity contribution in [2.45, 2.75) is 0 Å². The second-order valence-corrected chi connectivity index (χ2v) is 4.17. The van der Waals surface area contributed by atoms with Gasteiger partial charge in [0.2, 0.25) is 5.95 Å². The molecule has 2 N–H and O–H groups in total. The summed E-state index contributed by atoms with van der Waals surface area (Å²) in [6.07, 6.45) is 0. The predicted octanol–water partition coefficient (Wildman–Crippen LogP) is 1.19. The number of hydrogen-bond donors (Lipinski definition) is 1. The van der Waals surface area contributed by atoms with Gasteiger partial charge in [-0.1, -0.05) is 0 Å². The Morgan fingerprint density at radius 2 is 2.00 bits per heavy atom. The number of nitrogens with zero attached hydrogens (tertiary/aromatic N) is 3. The van der Waals surface area contributed by atoms with Gasteiger partial charge in [-0.3, -0.25) is 0 Å². The third kappa shape index (κ3) is 1.95. The maximum absolute atomic E-state index is 13.2. The molecule has 5 nitrogen and oxygen atoms in total. The van der Waals surface area contributed by atoms with Crippen LogP contribution in [0.2, 0.25) is 0 Å². The molecule has 1 saturated heterocycles. The number of fused-ring (bicyclic) bond motifs is 1. The van der Waals surface area contributed by atoms with E-state index in [0.717, 1.165) is 24.3 Å². The molecule has 1 fully saturated rings. The summed E-state index contributed by atoms with van der Waals surface area (Å²) in [5, 5.41) is 0.813. The Morgan fingerprint density at radius 1 is 1.22 bits per heavy atom. The molecule has 0 amide bonds. The normalized spacial score (nSPS) is 16.2. The Morgan fingerprint density at radius 3 is 2.78 bits per heavy atom. The van der Waals surface area contributed by atoms with Crippen LogP contribution in [0.4, 0.5) is 16.2 Å². The Bertz CT molecular complexity index is 578. The van der Waals surface area contributed by atoms with Crippen molar-refractivity contribution in [2.75, 3.05) is 36.9 Å². The number of rotatable bonds is 1. The van der Waals surface area contributed by atoms with Crippen molar-refractivity contribution in [1.29, 1.82) is 0 Å². The zero-order valence-corrected chi connectivity index (χ0v) is 9.77. The number of hydrogen-bond acceptors (Lipinski definition) is 5. The zero-order chi connectivity index (χ0) is 12.5. The van der Waals surface area contributed by atoms with Crippen molar-refractivity contribution in [3.63, 3.8) is 0 Å². The van der Waals surface area contributed by atoms with Gasteiger partial charge in [0.25, 0.3) is 0 Å². The molecule has 2 heterocycles. The summed E-state index contributed by atoms with van der Waals surface area (Å²) in [5.41, 5.74) is 6.21. The number of anilines is 2. The van der Waals surface area contributed by atoms with Crippen molar-refractivity contribution in [3.8, 4) is 0 Å². The SMILES string of the molecule is Nc1nc(N2CCOCC2)c2ccc(F)cc2n1. The molecule has 3 rings (SSSR count). The van der Waals surface area contributed by atoms with Gasteiger partial charge < -0.3 is 15.4 Å². The maximum atomic E-state index is 13.2. The number of ether oxygens (including phenoxy) is 1. The van der Waals surface area contributed by atoms with E-state index in [1.807, 2.05) is 0 Å². The first-order valence-electron chi connectivity index (χ1n) is 5.79.